The number of nitrogens with one attached hydrogen (secondary N) is 1. The van der Waals surface area contributed by atoms with Gasteiger partial charge in [0, 0.05) is 0 Å². The second-order valence-corrected chi connectivity index (χ2v) is 3.30. The predicted molar refractivity (Wildman–Crippen MR) is 57.0 cm³/mol. The fraction of sp³-hybridized carbons (Fsp3) is 0.273. The molecule has 0 saturated heterocycles. The Morgan fingerprint density at radius 3 is 2.59 bits per heavy atom. The summed E-state index contributed by atoms with van der Waals surface area (Å²) >= 11 is 0. The molecule has 0 aliphatic rings. The van der Waals surface area contributed by atoms with Crippen molar-refractivity contribution in [1.82, 2.24) is 0 Å². The number of hydrogen-bond acceptors (Lipinski definition) is 3. The van der Waals surface area contributed by atoms with Crippen molar-refractivity contribution < 1.29 is 23.1 Å². The van der Waals surface area contributed by atoms with Crippen LogP contribution in [0.1, 0.15) is 13.3 Å². The normalized spacial score (nSPS) is 10.1. The molecule has 0 heterocycles. The summed E-state index contributed by atoms with van der Waals surface area (Å²) in [5, 5.41) is 2.33. The van der Waals surface area contributed by atoms with Gasteiger partial charge in [0.25, 0.3) is 0 Å². The number of ketones is 1. The molecular weight excluding hydrogens is 232 g/mol. The van der Waals surface area contributed by atoms with E-state index in [0.717, 1.165) is 0 Å². The maximum Gasteiger partial charge on any atom is 0.387 e. The van der Waals surface area contributed by atoms with E-state index in [1.807, 2.05) is 0 Å². The maximum atomic E-state index is 12.1. The number of benzene rings is 1. The van der Waals surface area contributed by atoms with Gasteiger partial charge < -0.3 is 10.1 Å². The Labute approximate surface area is 96.6 Å². The highest BCUT2D eigenvalue weighted by Gasteiger charge is 2.12. The molecule has 0 fully saturated rings. The molecule has 0 saturated carbocycles. The van der Waals surface area contributed by atoms with Crippen LogP contribution in [0.25, 0.3) is 0 Å². The smallest absolute Gasteiger partial charge is 0.387 e. The molecule has 1 aromatic carbocycles. The lowest BCUT2D eigenvalue weighted by atomic mass is 10.2. The van der Waals surface area contributed by atoms with Gasteiger partial charge in [-0.2, -0.15) is 8.78 Å². The first-order valence-corrected chi connectivity index (χ1v) is 4.82. The molecule has 0 aromatic heterocycles. The Kier molecular flexibility index (Phi) is 4.56. The van der Waals surface area contributed by atoms with Crippen LogP contribution in [0.4, 0.5) is 14.5 Å². The van der Waals surface area contributed by atoms with Gasteiger partial charge in [-0.05, 0) is 19.1 Å². The number of rotatable bonds is 5. The summed E-state index contributed by atoms with van der Waals surface area (Å²) in [6, 6.07) is 5.77. The van der Waals surface area contributed by atoms with Gasteiger partial charge in [0.1, 0.15) is 11.5 Å². The third-order valence-corrected chi connectivity index (χ3v) is 1.79. The molecule has 1 rings (SSSR count). The van der Waals surface area contributed by atoms with Crippen LogP contribution in [0.2, 0.25) is 0 Å². The van der Waals surface area contributed by atoms with E-state index in [4.69, 9.17) is 0 Å². The highest BCUT2D eigenvalue weighted by molar-refractivity contribution is 6.04. The topological polar surface area (TPSA) is 55.4 Å². The number of carbonyl (C=O) groups excluding carboxylic acids is 2. The van der Waals surface area contributed by atoms with Crippen molar-refractivity contribution in [1.29, 1.82) is 0 Å². The summed E-state index contributed by atoms with van der Waals surface area (Å²) in [6.45, 7) is -1.71. The van der Waals surface area contributed by atoms with E-state index >= 15 is 0 Å². The summed E-state index contributed by atoms with van der Waals surface area (Å²) in [5.74, 6) is -1.02. The summed E-state index contributed by atoms with van der Waals surface area (Å²) in [4.78, 5) is 22.0. The van der Waals surface area contributed by atoms with E-state index in [-0.39, 0.29) is 23.6 Å². The number of Topliss-reactive ketones (excluding diaryl/α,β-unsaturated/α-hetero) is 1. The van der Waals surface area contributed by atoms with Crippen LogP contribution >= 0.6 is 0 Å². The number of ether oxygens (including phenoxy) is 1. The second kappa shape index (κ2) is 5.93. The quantitative estimate of drug-likeness (QED) is 0.806. The van der Waals surface area contributed by atoms with E-state index in [1.165, 1.54) is 25.1 Å². The molecule has 6 heteroatoms. The van der Waals surface area contributed by atoms with Crippen molar-refractivity contribution in [2.45, 2.75) is 20.0 Å². The standard InChI is InChI=1S/C11H11F2NO3/c1-7(15)6-10(16)14-8-4-2-3-5-9(8)17-11(12)13/h2-5,11H,6H2,1H3,(H,14,16). The van der Waals surface area contributed by atoms with Crippen LogP contribution in [0.3, 0.4) is 0 Å². The average Bonchev–Trinajstić information content (AvgIpc) is 2.18. The largest absolute Gasteiger partial charge is 0.433 e. The Balaban J connectivity index is 2.76. The molecule has 1 aromatic rings. The lowest BCUT2D eigenvalue weighted by Gasteiger charge is -2.10. The van der Waals surface area contributed by atoms with Crippen LogP contribution < -0.4 is 10.1 Å². The van der Waals surface area contributed by atoms with Crippen LogP contribution in [-0.2, 0) is 9.59 Å². The zero-order valence-electron chi connectivity index (χ0n) is 9.07. The molecule has 17 heavy (non-hydrogen) atoms. The van der Waals surface area contributed by atoms with Gasteiger partial charge in [-0.15, -0.1) is 0 Å². The summed E-state index contributed by atoms with van der Waals surface area (Å²) in [6.07, 6.45) is -0.303. The lowest BCUT2D eigenvalue weighted by Crippen LogP contribution is -2.16. The van der Waals surface area contributed by atoms with Crippen molar-refractivity contribution in [2.24, 2.45) is 0 Å². The van der Waals surface area contributed by atoms with Crippen LogP contribution in [-0.4, -0.2) is 18.3 Å². The molecule has 0 bridgehead atoms. The summed E-state index contributed by atoms with van der Waals surface area (Å²) < 4.78 is 28.3. The number of halogens is 2. The minimum Gasteiger partial charge on any atom is -0.433 e. The van der Waals surface area contributed by atoms with E-state index in [0.29, 0.717) is 0 Å². The number of carbonyl (C=O) groups is 2. The zero-order valence-corrected chi connectivity index (χ0v) is 9.07. The Hall–Kier alpha value is -1.98. The van der Waals surface area contributed by atoms with E-state index in [2.05, 4.69) is 10.1 Å². The van der Waals surface area contributed by atoms with Crippen LogP contribution in [0.15, 0.2) is 24.3 Å². The highest BCUT2D eigenvalue weighted by Crippen LogP contribution is 2.25. The molecule has 0 atom stereocenters. The fourth-order valence-corrected chi connectivity index (χ4v) is 1.19. The van der Waals surface area contributed by atoms with Gasteiger partial charge in [-0.3, -0.25) is 9.59 Å². The summed E-state index contributed by atoms with van der Waals surface area (Å²) in [5.41, 5.74) is 0.110. The van der Waals surface area contributed by atoms with Gasteiger partial charge in [-0.25, -0.2) is 0 Å². The molecule has 92 valence electrons. The van der Waals surface area contributed by atoms with Gasteiger partial charge in [0.2, 0.25) is 5.91 Å². The molecule has 0 spiro atoms. The molecule has 1 amide bonds. The van der Waals surface area contributed by atoms with Gasteiger partial charge in [0.15, 0.2) is 0 Å². The highest BCUT2D eigenvalue weighted by atomic mass is 19.3. The van der Waals surface area contributed by atoms with Crippen molar-refractivity contribution in [3.8, 4) is 5.75 Å². The number of para-hydroxylation sites is 2. The van der Waals surface area contributed by atoms with Gasteiger partial charge in [-0.1, -0.05) is 12.1 Å². The van der Waals surface area contributed by atoms with E-state index in [9.17, 15) is 18.4 Å². The molecule has 0 radical (unpaired) electrons. The van der Waals surface area contributed by atoms with Crippen LogP contribution in [0, 0.1) is 0 Å². The van der Waals surface area contributed by atoms with Gasteiger partial charge in [0.05, 0.1) is 12.1 Å². The minimum absolute atomic E-state index is 0.110. The average molecular weight is 243 g/mol. The van der Waals surface area contributed by atoms with Crippen molar-refractivity contribution >= 4 is 17.4 Å². The molecule has 0 unspecified atom stereocenters. The van der Waals surface area contributed by atoms with Crippen molar-refractivity contribution in [3.63, 3.8) is 0 Å². The first-order valence-electron chi connectivity index (χ1n) is 4.82. The molecular formula is C11H11F2NO3. The predicted octanol–water partition coefficient (Wildman–Crippen LogP) is 2.21. The number of hydrogen-bond donors (Lipinski definition) is 1. The Bertz CT molecular complexity index is 421. The lowest BCUT2D eigenvalue weighted by molar-refractivity contribution is -0.124. The SMILES string of the molecule is CC(=O)CC(=O)Nc1ccccc1OC(F)F. The molecule has 0 aliphatic carbocycles. The first-order chi connectivity index (χ1) is 7.99. The number of anilines is 1. The minimum atomic E-state index is -2.97. The number of alkyl halides is 2. The summed E-state index contributed by atoms with van der Waals surface area (Å²) in [7, 11) is 0. The number of amides is 1. The molecule has 4 nitrogen and oxygen atoms in total. The van der Waals surface area contributed by atoms with Crippen molar-refractivity contribution in [2.75, 3.05) is 5.32 Å². The monoisotopic (exact) mass is 243 g/mol. The second-order valence-electron chi connectivity index (χ2n) is 3.30. The zero-order chi connectivity index (χ0) is 12.8. The first kappa shape index (κ1) is 13.1. The van der Waals surface area contributed by atoms with Crippen LogP contribution in [0.5, 0.6) is 5.75 Å². The Morgan fingerprint density at radius 2 is 2.00 bits per heavy atom. The molecule has 0 aliphatic heterocycles. The molecule has 1 N–H and O–H groups in total. The third-order valence-electron chi connectivity index (χ3n) is 1.79. The van der Waals surface area contributed by atoms with Crippen molar-refractivity contribution in [3.05, 3.63) is 24.3 Å². The Morgan fingerprint density at radius 1 is 1.35 bits per heavy atom. The maximum absolute atomic E-state index is 12.1. The fourth-order valence-electron chi connectivity index (χ4n) is 1.19. The third kappa shape index (κ3) is 4.58. The van der Waals surface area contributed by atoms with E-state index < -0.39 is 12.5 Å². The van der Waals surface area contributed by atoms with Gasteiger partial charge >= 0.3 is 6.61 Å². The van der Waals surface area contributed by atoms with E-state index in [1.54, 1.807) is 6.07 Å².